The van der Waals surface area contributed by atoms with Crippen LogP contribution in [-0.2, 0) is 24.6 Å². The minimum atomic E-state index is -4.59. The van der Waals surface area contributed by atoms with Crippen LogP contribution in [0.15, 0.2) is 30.5 Å². The summed E-state index contributed by atoms with van der Waals surface area (Å²) in [5.74, 6) is -0.436. The van der Waals surface area contributed by atoms with Gasteiger partial charge < -0.3 is 5.32 Å². The highest BCUT2D eigenvalue weighted by atomic mass is 35.5. The van der Waals surface area contributed by atoms with Gasteiger partial charge in [-0.1, -0.05) is 11.6 Å². The molecule has 0 atom stereocenters. The molecule has 0 aliphatic carbocycles. The van der Waals surface area contributed by atoms with Crippen molar-refractivity contribution in [3.8, 4) is 0 Å². The molecule has 0 spiro atoms. The molecule has 2 aromatic heterocycles. The fraction of sp³-hybridized carbons (Fsp3) is 0.316. The molecule has 1 amide bonds. The van der Waals surface area contributed by atoms with E-state index < -0.39 is 22.7 Å². The second kappa shape index (κ2) is 8.00. The minimum absolute atomic E-state index is 0.00592. The van der Waals surface area contributed by atoms with Gasteiger partial charge in [0.1, 0.15) is 0 Å². The largest absolute Gasteiger partial charge is 0.417 e. The Hall–Kier alpha value is -2.65. The van der Waals surface area contributed by atoms with E-state index in [1.165, 1.54) is 6.07 Å². The third-order valence-corrected chi connectivity index (χ3v) is 4.67. The van der Waals surface area contributed by atoms with Gasteiger partial charge in [-0.05, 0) is 43.8 Å². The second-order valence-electron chi connectivity index (χ2n) is 6.84. The Morgan fingerprint density at radius 2 is 2.03 bits per heavy atom. The molecule has 0 fully saturated rings. The molecule has 0 aliphatic rings. The lowest BCUT2D eigenvalue weighted by Gasteiger charge is -2.17. The van der Waals surface area contributed by atoms with Crippen LogP contribution in [0.5, 0.6) is 0 Å². The van der Waals surface area contributed by atoms with Crippen molar-refractivity contribution in [3.05, 3.63) is 52.3 Å². The molecule has 10 heteroatoms. The number of fused-ring (bicyclic) bond motifs is 1. The average molecular weight is 426 g/mol. The summed E-state index contributed by atoms with van der Waals surface area (Å²) in [5, 5.41) is 7.31. The van der Waals surface area contributed by atoms with Gasteiger partial charge >= 0.3 is 6.18 Å². The molecule has 0 unspecified atom stereocenters. The highest BCUT2D eigenvalue weighted by molar-refractivity contribution is 6.31. The number of nitrogens with zero attached hydrogens (tertiary/aromatic N) is 4. The predicted octanol–water partition coefficient (Wildman–Crippen LogP) is 4.02. The number of halogens is 4. The highest BCUT2D eigenvalue weighted by Crippen LogP contribution is 2.36. The summed E-state index contributed by atoms with van der Waals surface area (Å²) in [6.45, 7) is 2.33. The van der Waals surface area contributed by atoms with E-state index in [1.54, 1.807) is 22.8 Å². The third kappa shape index (κ3) is 4.86. The van der Waals surface area contributed by atoms with Gasteiger partial charge in [0.25, 0.3) is 0 Å². The lowest BCUT2D eigenvalue weighted by molar-refractivity contribution is -0.137. The SMILES string of the molecule is Cc1nn(C)c2ncc(CN(C)CC(=O)Nc3ccc(Cl)c(C(F)(F)F)c3)cc12. The number of anilines is 1. The van der Waals surface area contributed by atoms with Crippen molar-refractivity contribution in [3.63, 3.8) is 0 Å². The fourth-order valence-corrected chi connectivity index (χ4v) is 3.30. The van der Waals surface area contributed by atoms with Crippen LogP contribution in [0.25, 0.3) is 11.0 Å². The molecule has 6 nitrogen and oxygen atoms in total. The monoisotopic (exact) mass is 425 g/mol. The van der Waals surface area contributed by atoms with Gasteiger partial charge in [-0.25, -0.2) is 4.98 Å². The van der Waals surface area contributed by atoms with Crippen molar-refractivity contribution in [2.24, 2.45) is 7.05 Å². The molecule has 0 aliphatic heterocycles. The summed E-state index contributed by atoms with van der Waals surface area (Å²) in [6.07, 6.45) is -2.88. The second-order valence-corrected chi connectivity index (χ2v) is 7.24. The van der Waals surface area contributed by atoms with Crippen molar-refractivity contribution < 1.29 is 18.0 Å². The number of nitrogens with one attached hydrogen (secondary N) is 1. The zero-order valence-corrected chi connectivity index (χ0v) is 16.8. The van der Waals surface area contributed by atoms with Crippen molar-refractivity contribution >= 4 is 34.2 Å². The first-order valence-electron chi connectivity index (χ1n) is 8.68. The third-order valence-electron chi connectivity index (χ3n) is 4.34. The smallest absolute Gasteiger partial charge is 0.325 e. The highest BCUT2D eigenvalue weighted by Gasteiger charge is 2.33. The van der Waals surface area contributed by atoms with Crippen LogP contribution in [-0.4, -0.2) is 39.2 Å². The zero-order valence-electron chi connectivity index (χ0n) is 16.0. The Bertz CT molecular complexity index is 1060. The number of pyridine rings is 1. The Labute approximate surface area is 170 Å². The van der Waals surface area contributed by atoms with Gasteiger partial charge in [-0.3, -0.25) is 14.4 Å². The number of hydrogen-bond donors (Lipinski definition) is 1. The molecule has 29 heavy (non-hydrogen) atoms. The maximum absolute atomic E-state index is 12.9. The predicted molar refractivity (Wildman–Crippen MR) is 105 cm³/mol. The van der Waals surface area contributed by atoms with E-state index >= 15 is 0 Å². The minimum Gasteiger partial charge on any atom is -0.325 e. The lowest BCUT2D eigenvalue weighted by atomic mass is 10.2. The van der Waals surface area contributed by atoms with E-state index in [4.69, 9.17) is 11.6 Å². The van der Waals surface area contributed by atoms with Crippen LogP contribution in [0.3, 0.4) is 0 Å². The molecule has 1 N–H and O–H groups in total. The molecule has 3 aromatic rings. The average Bonchev–Trinajstić information content (AvgIpc) is 2.89. The van der Waals surface area contributed by atoms with Gasteiger partial charge in [0.05, 0.1) is 22.8 Å². The number of aryl methyl sites for hydroxylation is 2. The topological polar surface area (TPSA) is 63.1 Å². The van der Waals surface area contributed by atoms with Crippen LogP contribution in [0.4, 0.5) is 18.9 Å². The number of hydrogen-bond acceptors (Lipinski definition) is 4. The number of alkyl halides is 3. The van der Waals surface area contributed by atoms with Crippen LogP contribution in [0, 0.1) is 6.92 Å². The first kappa shape index (κ1) is 21.1. The van der Waals surface area contributed by atoms with Crippen molar-refractivity contribution in [2.75, 3.05) is 18.9 Å². The summed E-state index contributed by atoms with van der Waals surface area (Å²) < 4.78 is 40.5. The molecule has 154 valence electrons. The van der Waals surface area contributed by atoms with E-state index in [0.29, 0.717) is 6.54 Å². The first-order valence-corrected chi connectivity index (χ1v) is 9.06. The van der Waals surface area contributed by atoms with E-state index in [9.17, 15) is 18.0 Å². The van der Waals surface area contributed by atoms with Crippen LogP contribution >= 0.6 is 11.6 Å². The number of likely N-dealkylation sites (N-methyl/N-ethyl adjacent to an activating group) is 1. The zero-order chi connectivity index (χ0) is 21.3. The summed E-state index contributed by atoms with van der Waals surface area (Å²) >= 11 is 5.59. The fourth-order valence-electron chi connectivity index (χ4n) is 3.07. The first-order chi connectivity index (χ1) is 13.5. The Kier molecular flexibility index (Phi) is 5.81. The molecular weight excluding hydrogens is 407 g/mol. The lowest BCUT2D eigenvalue weighted by Crippen LogP contribution is -2.30. The summed E-state index contributed by atoms with van der Waals surface area (Å²) in [6, 6.07) is 5.23. The number of rotatable bonds is 5. The van der Waals surface area contributed by atoms with Gasteiger partial charge in [0.15, 0.2) is 5.65 Å². The normalized spacial score (nSPS) is 12.0. The molecule has 0 radical (unpaired) electrons. The number of aromatic nitrogens is 3. The van der Waals surface area contributed by atoms with Gasteiger partial charge in [0, 0.05) is 30.9 Å². The quantitative estimate of drug-likeness (QED) is 0.670. The van der Waals surface area contributed by atoms with Crippen molar-refractivity contribution in [1.82, 2.24) is 19.7 Å². The maximum Gasteiger partial charge on any atom is 0.417 e. The maximum atomic E-state index is 12.9. The molecule has 3 rings (SSSR count). The van der Waals surface area contributed by atoms with Crippen LogP contribution < -0.4 is 5.32 Å². The van der Waals surface area contributed by atoms with Crippen molar-refractivity contribution in [1.29, 1.82) is 0 Å². The summed E-state index contributed by atoms with van der Waals surface area (Å²) in [7, 11) is 3.56. The van der Waals surface area contributed by atoms with Crippen LogP contribution in [0.2, 0.25) is 5.02 Å². The molecular formula is C19H19ClF3N5O. The Morgan fingerprint density at radius 1 is 1.31 bits per heavy atom. The van der Waals surface area contributed by atoms with Gasteiger partial charge in [0.2, 0.25) is 5.91 Å². The molecule has 2 heterocycles. The van der Waals surface area contributed by atoms with Gasteiger partial charge in [-0.2, -0.15) is 18.3 Å². The molecule has 0 bridgehead atoms. The molecule has 1 aromatic carbocycles. The standard InChI is InChI=1S/C19H19ClF3N5O/c1-11-14-6-12(8-24-18(14)28(3)26-11)9-27(2)10-17(29)25-13-4-5-16(20)15(7-13)19(21,22)23/h4-8H,9-10H2,1-3H3,(H,25,29). The summed E-state index contributed by atoms with van der Waals surface area (Å²) in [4.78, 5) is 18.4. The van der Waals surface area contributed by atoms with E-state index in [1.807, 2.05) is 20.0 Å². The number of carbonyl (C=O) groups excluding carboxylic acids is 1. The van der Waals surface area contributed by atoms with E-state index in [0.717, 1.165) is 34.4 Å². The van der Waals surface area contributed by atoms with Crippen molar-refractivity contribution in [2.45, 2.75) is 19.6 Å². The molecule has 0 saturated heterocycles. The van der Waals surface area contributed by atoms with Crippen LogP contribution in [0.1, 0.15) is 16.8 Å². The summed E-state index contributed by atoms with van der Waals surface area (Å²) in [5.41, 5.74) is 1.58. The number of benzene rings is 1. The van der Waals surface area contributed by atoms with Gasteiger partial charge in [-0.15, -0.1) is 0 Å². The number of carbonyl (C=O) groups is 1. The Balaban J connectivity index is 1.65. The molecule has 0 saturated carbocycles. The van der Waals surface area contributed by atoms with E-state index in [-0.39, 0.29) is 12.2 Å². The Morgan fingerprint density at radius 3 is 2.72 bits per heavy atom. The van der Waals surface area contributed by atoms with E-state index in [2.05, 4.69) is 15.4 Å². The number of amides is 1.